The minimum Gasteiger partial charge on any atom is -0.496 e. The molecule has 1 saturated heterocycles. The van der Waals surface area contributed by atoms with Gasteiger partial charge in [0.25, 0.3) is 0 Å². The van der Waals surface area contributed by atoms with Gasteiger partial charge in [0.1, 0.15) is 22.3 Å². The number of halogens is 1. The number of amides is 1. The molecule has 2 aromatic carbocycles. The van der Waals surface area contributed by atoms with Crippen molar-refractivity contribution < 1.29 is 19.2 Å². The summed E-state index contributed by atoms with van der Waals surface area (Å²) in [4.78, 5) is 34.0. The number of hydrogen-bond acceptors (Lipinski definition) is 7. The Kier molecular flexibility index (Phi) is 8.21. The minimum atomic E-state index is -2.19. The maximum atomic E-state index is 11.6. The highest BCUT2D eigenvalue weighted by Gasteiger charge is 2.31. The van der Waals surface area contributed by atoms with E-state index in [9.17, 15) is 9.69 Å². The lowest BCUT2D eigenvalue weighted by Gasteiger charge is -2.38. The first-order valence-corrected chi connectivity index (χ1v) is 14.0. The monoisotopic (exact) mass is 527 g/mol. The summed E-state index contributed by atoms with van der Waals surface area (Å²) in [6, 6.07) is 12.8. The van der Waals surface area contributed by atoms with Crippen molar-refractivity contribution >= 4 is 36.0 Å². The molecule has 8 nitrogen and oxygen atoms in total. The molecule has 4 rings (SSSR count). The Morgan fingerprint density at radius 1 is 1.28 bits per heavy atom. The van der Waals surface area contributed by atoms with Crippen LogP contribution in [0.2, 0.25) is 5.02 Å². The predicted octanol–water partition coefficient (Wildman–Crippen LogP) is 4.14. The summed E-state index contributed by atoms with van der Waals surface area (Å²) in [6.07, 6.45) is 4.65. The number of anilines is 1. The molecule has 189 valence electrons. The molecule has 1 aliphatic heterocycles. The normalized spacial score (nSPS) is 15.2. The Balaban J connectivity index is 1.53. The Morgan fingerprint density at radius 3 is 2.78 bits per heavy atom. The molecule has 2 N–H and O–H groups in total. The third kappa shape index (κ3) is 6.20. The maximum Gasteiger partial charge on any atom is 0.247 e. The molecule has 1 fully saturated rings. The van der Waals surface area contributed by atoms with Gasteiger partial charge >= 0.3 is 0 Å². The van der Waals surface area contributed by atoms with Gasteiger partial charge < -0.3 is 24.6 Å². The molecule has 1 amide bonds. The fourth-order valence-electron chi connectivity index (χ4n) is 3.95. The van der Waals surface area contributed by atoms with E-state index in [4.69, 9.17) is 21.1 Å². The first-order chi connectivity index (χ1) is 17.3. The molecule has 3 aromatic rings. The molecule has 0 spiro atoms. The number of carbonyl (C=O) groups excluding carboxylic acids is 1. The number of nitrogens with zero attached hydrogens (tertiary/aromatic N) is 3. The Labute approximate surface area is 216 Å². The van der Waals surface area contributed by atoms with Gasteiger partial charge in [-0.25, -0.2) is 4.98 Å². The number of methoxy groups -OCH3 is 1. The summed E-state index contributed by atoms with van der Waals surface area (Å²) in [7, 11) is 1.51. The molecule has 1 radical (unpaired) electrons. The van der Waals surface area contributed by atoms with E-state index in [0.29, 0.717) is 29.4 Å². The van der Waals surface area contributed by atoms with Crippen LogP contribution in [0.25, 0.3) is 0 Å². The molecule has 1 aliphatic rings. The van der Waals surface area contributed by atoms with Crippen LogP contribution in [-0.2, 0) is 11.2 Å². The molecule has 0 bridgehead atoms. The summed E-state index contributed by atoms with van der Waals surface area (Å²) in [5.74, 6) is 1.53. The second-order valence-corrected chi connectivity index (χ2v) is 12.3. The van der Waals surface area contributed by atoms with E-state index in [0.717, 1.165) is 36.3 Å². The van der Waals surface area contributed by atoms with Gasteiger partial charge in [-0.2, -0.15) is 4.98 Å². The Hall–Kier alpha value is -3.03. The fourth-order valence-corrected chi connectivity index (χ4v) is 6.87. The van der Waals surface area contributed by atoms with Gasteiger partial charge in [0, 0.05) is 61.9 Å². The number of ether oxygens (including phenoxy) is 2. The van der Waals surface area contributed by atoms with Crippen LogP contribution in [0, 0.1) is 0 Å². The largest absolute Gasteiger partial charge is 0.496 e. The van der Waals surface area contributed by atoms with Crippen LogP contribution in [0.3, 0.4) is 0 Å². The first-order valence-electron chi connectivity index (χ1n) is 11.5. The van der Waals surface area contributed by atoms with E-state index in [1.54, 1.807) is 31.4 Å². The van der Waals surface area contributed by atoms with Gasteiger partial charge in [0.15, 0.2) is 0 Å². The summed E-state index contributed by atoms with van der Waals surface area (Å²) < 4.78 is 11.6. The van der Waals surface area contributed by atoms with Crippen molar-refractivity contribution in [3.05, 3.63) is 77.7 Å². The minimum absolute atomic E-state index is 0.205. The number of benzene rings is 2. The van der Waals surface area contributed by atoms with Crippen LogP contribution in [0.4, 0.5) is 5.69 Å². The molecule has 0 unspecified atom stereocenters. The lowest BCUT2D eigenvalue weighted by molar-refractivity contribution is -0.111. The van der Waals surface area contributed by atoms with Crippen molar-refractivity contribution in [3.63, 3.8) is 0 Å². The van der Waals surface area contributed by atoms with Crippen LogP contribution in [0.1, 0.15) is 11.4 Å². The first kappa shape index (κ1) is 26.0. The molecule has 0 atom stereocenters. The highest BCUT2D eigenvalue weighted by atomic mass is 35.5. The third-order valence-electron chi connectivity index (χ3n) is 6.07. The molecular formula is C26H29ClN4O4P. The summed E-state index contributed by atoms with van der Waals surface area (Å²) >= 11 is 6.30. The van der Waals surface area contributed by atoms with Crippen LogP contribution in [0.5, 0.6) is 17.4 Å². The smallest absolute Gasteiger partial charge is 0.247 e. The van der Waals surface area contributed by atoms with Crippen molar-refractivity contribution in [3.8, 4) is 17.4 Å². The molecular weight excluding hydrogens is 499 g/mol. The molecule has 36 heavy (non-hydrogen) atoms. The third-order valence-corrected chi connectivity index (χ3v) is 9.44. The zero-order valence-corrected chi connectivity index (χ0v) is 21.9. The molecule has 1 aromatic heterocycles. The zero-order valence-electron chi connectivity index (χ0n) is 20.3. The summed E-state index contributed by atoms with van der Waals surface area (Å²) in [5.41, 5.74) is 1.45. The zero-order chi connectivity index (χ0) is 25.7. The van der Waals surface area contributed by atoms with Gasteiger partial charge in [-0.15, -0.1) is 0 Å². The number of aromatic nitrogens is 2. The Bertz CT molecular complexity index is 1260. The van der Waals surface area contributed by atoms with E-state index in [2.05, 4.69) is 33.8 Å². The van der Waals surface area contributed by atoms with Crippen molar-refractivity contribution in [1.29, 1.82) is 0 Å². The number of rotatable bonds is 8. The van der Waals surface area contributed by atoms with E-state index < -0.39 is 7.49 Å². The van der Waals surface area contributed by atoms with E-state index >= 15 is 0 Å². The van der Waals surface area contributed by atoms with Gasteiger partial charge in [-0.3, -0.25) is 4.79 Å². The average Bonchev–Trinajstić information content (AvgIpc) is 2.88. The topological polar surface area (TPSA) is 96.8 Å². The van der Waals surface area contributed by atoms with E-state index in [-0.39, 0.29) is 16.8 Å². The van der Waals surface area contributed by atoms with Crippen LogP contribution in [0.15, 0.2) is 61.3 Å². The maximum absolute atomic E-state index is 11.6. The Morgan fingerprint density at radius 2 is 2.06 bits per heavy atom. The van der Waals surface area contributed by atoms with Gasteiger partial charge in [-0.05, 0) is 31.3 Å². The molecule has 2 heterocycles. The van der Waals surface area contributed by atoms with Crippen LogP contribution >= 0.6 is 19.1 Å². The van der Waals surface area contributed by atoms with Crippen molar-refractivity contribution in [2.75, 3.05) is 44.9 Å². The SMILES string of the molecule is C=CC(=O)Nc1cccc(Oc2nc(Cc3ccc([P]4(O)CCN(C)CC4)cc3OC)ncc2Cl)c1. The number of nitrogens with one attached hydrogen (secondary N) is 1. The number of carbonyl (C=O) groups is 1. The lowest BCUT2D eigenvalue weighted by Crippen LogP contribution is -2.36. The highest BCUT2D eigenvalue weighted by Crippen LogP contribution is 2.55. The molecule has 0 saturated carbocycles. The van der Waals surface area contributed by atoms with Gasteiger partial charge in [0.05, 0.1) is 13.3 Å². The summed E-state index contributed by atoms with van der Waals surface area (Å²) in [6.45, 7) is 5.23. The lowest BCUT2D eigenvalue weighted by atomic mass is 10.1. The van der Waals surface area contributed by atoms with Crippen molar-refractivity contribution in [2.45, 2.75) is 6.42 Å². The average molecular weight is 528 g/mol. The van der Waals surface area contributed by atoms with Crippen LogP contribution < -0.4 is 20.1 Å². The quantitative estimate of drug-likeness (QED) is 0.336. The fraction of sp³-hybridized carbons (Fsp3) is 0.269. The van der Waals surface area contributed by atoms with E-state index in [1.807, 2.05) is 18.2 Å². The summed E-state index contributed by atoms with van der Waals surface area (Å²) in [5, 5.41) is 3.91. The number of hydrogen-bond donors (Lipinski definition) is 2. The molecule has 0 aliphatic carbocycles. The highest BCUT2D eigenvalue weighted by molar-refractivity contribution is 7.77. The molecule has 10 heteroatoms. The predicted molar refractivity (Wildman–Crippen MR) is 144 cm³/mol. The van der Waals surface area contributed by atoms with Gasteiger partial charge in [-0.1, -0.05) is 36.4 Å². The van der Waals surface area contributed by atoms with Crippen molar-refractivity contribution in [2.24, 2.45) is 0 Å². The van der Waals surface area contributed by atoms with Crippen LogP contribution in [-0.4, -0.2) is 65.2 Å². The van der Waals surface area contributed by atoms with Crippen molar-refractivity contribution in [1.82, 2.24) is 14.9 Å². The standard InChI is InChI=1S/C26H29ClN4O4P/c1-4-25(32)29-19-6-5-7-20(15-19)35-26-22(27)17-28-24(30-26)14-18-8-9-21(16-23(18)34-3)36(33)12-10-31(2)11-13-36/h4-9,15-17,33H,1,10-14H2,2-3H3,(H,29,32). The second-order valence-electron chi connectivity index (χ2n) is 8.61. The van der Waals surface area contributed by atoms with E-state index in [1.165, 1.54) is 12.3 Å². The second kappa shape index (κ2) is 11.4. The van der Waals surface area contributed by atoms with Gasteiger partial charge in [0.2, 0.25) is 11.8 Å².